The van der Waals surface area contributed by atoms with Crippen LogP contribution in [0.1, 0.15) is 19.8 Å². The zero-order valence-corrected chi connectivity index (χ0v) is 12.8. The van der Waals surface area contributed by atoms with Gasteiger partial charge in [0, 0.05) is 12.1 Å². The molecule has 5 heteroatoms. The molecule has 114 valence electrons. The summed E-state index contributed by atoms with van der Waals surface area (Å²) in [5.74, 6) is 2.19. The summed E-state index contributed by atoms with van der Waals surface area (Å²) in [5, 5.41) is 3.29. The zero-order chi connectivity index (χ0) is 15.4. The zero-order valence-electron chi connectivity index (χ0n) is 12.8. The van der Waals surface area contributed by atoms with E-state index in [2.05, 4.69) is 22.2 Å². The average molecular weight is 297 g/mol. The minimum atomic E-state index is 0.548. The Morgan fingerprint density at radius 2 is 1.91 bits per heavy atom. The summed E-state index contributed by atoms with van der Waals surface area (Å²) in [6, 6.07) is 11.5. The summed E-state index contributed by atoms with van der Waals surface area (Å²) in [5.41, 5.74) is 2.21. The maximum absolute atomic E-state index is 5.77. The second kappa shape index (κ2) is 6.47. The van der Waals surface area contributed by atoms with Crippen molar-refractivity contribution in [2.24, 2.45) is 0 Å². The van der Waals surface area contributed by atoms with Gasteiger partial charge in [0.05, 0.1) is 7.11 Å². The van der Waals surface area contributed by atoms with Crippen LogP contribution in [0.2, 0.25) is 0 Å². The van der Waals surface area contributed by atoms with Crippen LogP contribution in [-0.4, -0.2) is 23.6 Å². The lowest BCUT2D eigenvalue weighted by atomic mass is 10.2. The Labute approximate surface area is 129 Å². The molecule has 0 amide bonds. The standard InChI is InChI=1S/C17H19N3O2/c1-3-4-11-18-15-10-9-14-17(20-15)22-16(19-14)12-5-7-13(21-2)8-6-12/h5-10H,3-4,11H2,1-2H3,(H,18,20). The molecule has 0 spiro atoms. The molecule has 0 radical (unpaired) electrons. The van der Waals surface area contributed by atoms with Crippen molar-refractivity contribution in [2.75, 3.05) is 19.0 Å². The number of aromatic nitrogens is 2. The number of oxazole rings is 1. The van der Waals surface area contributed by atoms with Gasteiger partial charge in [0.2, 0.25) is 11.6 Å². The predicted molar refractivity (Wildman–Crippen MR) is 87.2 cm³/mol. The van der Waals surface area contributed by atoms with Gasteiger partial charge in [0.15, 0.2) is 0 Å². The van der Waals surface area contributed by atoms with Crippen LogP contribution in [0.4, 0.5) is 5.82 Å². The number of unbranched alkanes of at least 4 members (excludes halogenated alkanes) is 1. The number of fused-ring (bicyclic) bond motifs is 1. The SMILES string of the molecule is CCCCNc1ccc2nc(-c3ccc(OC)cc3)oc2n1. The van der Waals surface area contributed by atoms with Crippen LogP contribution in [0.25, 0.3) is 22.7 Å². The number of hydrogen-bond donors (Lipinski definition) is 1. The summed E-state index contributed by atoms with van der Waals surface area (Å²) < 4.78 is 10.9. The van der Waals surface area contributed by atoms with E-state index in [4.69, 9.17) is 9.15 Å². The Morgan fingerprint density at radius 3 is 2.64 bits per heavy atom. The first-order valence-electron chi connectivity index (χ1n) is 7.46. The van der Waals surface area contributed by atoms with Gasteiger partial charge in [-0.2, -0.15) is 4.98 Å². The van der Waals surface area contributed by atoms with E-state index in [1.54, 1.807) is 7.11 Å². The molecule has 0 aliphatic carbocycles. The van der Waals surface area contributed by atoms with Gasteiger partial charge in [0.1, 0.15) is 17.1 Å². The first kappa shape index (κ1) is 14.4. The molecule has 0 aliphatic heterocycles. The van der Waals surface area contributed by atoms with Crippen molar-refractivity contribution in [3.63, 3.8) is 0 Å². The summed E-state index contributed by atoms with van der Waals surface area (Å²) in [6.45, 7) is 3.07. The van der Waals surface area contributed by atoms with Gasteiger partial charge in [-0.3, -0.25) is 0 Å². The molecule has 0 bridgehead atoms. The number of methoxy groups -OCH3 is 1. The number of nitrogens with zero attached hydrogens (tertiary/aromatic N) is 2. The highest BCUT2D eigenvalue weighted by atomic mass is 16.5. The Hall–Kier alpha value is -2.56. The van der Waals surface area contributed by atoms with Crippen LogP contribution in [0, 0.1) is 0 Å². The van der Waals surface area contributed by atoms with E-state index in [1.807, 2.05) is 36.4 Å². The van der Waals surface area contributed by atoms with Crippen molar-refractivity contribution in [3.05, 3.63) is 36.4 Å². The Balaban J connectivity index is 1.85. The van der Waals surface area contributed by atoms with Gasteiger partial charge in [0.25, 0.3) is 0 Å². The minimum Gasteiger partial charge on any atom is -0.497 e. The van der Waals surface area contributed by atoms with E-state index in [1.165, 1.54) is 0 Å². The van der Waals surface area contributed by atoms with Gasteiger partial charge in [-0.05, 0) is 42.8 Å². The van der Waals surface area contributed by atoms with Crippen LogP contribution in [0.5, 0.6) is 5.75 Å². The quantitative estimate of drug-likeness (QED) is 0.694. The van der Waals surface area contributed by atoms with Crippen molar-refractivity contribution >= 4 is 17.0 Å². The minimum absolute atomic E-state index is 0.548. The lowest BCUT2D eigenvalue weighted by molar-refractivity contribution is 0.415. The molecule has 1 N–H and O–H groups in total. The number of hydrogen-bond acceptors (Lipinski definition) is 5. The molecule has 1 aromatic carbocycles. The van der Waals surface area contributed by atoms with Crippen LogP contribution in [0.15, 0.2) is 40.8 Å². The third-order valence-electron chi connectivity index (χ3n) is 3.43. The van der Waals surface area contributed by atoms with E-state index in [-0.39, 0.29) is 0 Å². The molecule has 0 saturated heterocycles. The third kappa shape index (κ3) is 3.03. The van der Waals surface area contributed by atoms with Crippen LogP contribution in [0.3, 0.4) is 0 Å². The second-order valence-electron chi connectivity index (χ2n) is 5.05. The molecule has 0 unspecified atom stereocenters. The largest absolute Gasteiger partial charge is 0.497 e. The Morgan fingerprint density at radius 1 is 1.09 bits per heavy atom. The molecule has 2 aromatic heterocycles. The molecular weight excluding hydrogens is 278 g/mol. The van der Waals surface area contributed by atoms with E-state index < -0.39 is 0 Å². The van der Waals surface area contributed by atoms with Crippen molar-refractivity contribution in [1.82, 2.24) is 9.97 Å². The molecule has 3 aromatic rings. The van der Waals surface area contributed by atoms with Gasteiger partial charge in [-0.15, -0.1) is 0 Å². The van der Waals surface area contributed by atoms with Crippen molar-refractivity contribution in [2.45, 2.75) is 19.8 Å². The van der Waals surface area contributed by atoms with Crippen LogP contribution >= 0.6 is 0 Å². The molecular formula is C17H19N3O2. The molecule has 5 nitrogen and oxygen atoms in total. The van der Waals surface area contributed by atoms with Gasteiger partial charge < -0.3 is 14.5 Å². The number of rotatable bonds is 6. The topological polar surface area (TPSA) is 60.2 Å². The maximum atomic E-state index is 5.77. The lowest BCUT2D eigenvalue weighted by Gasteiger charge is -2.02. The fourth-order valence-electron chi connectivity index (χ4n) is 2.17. The number of nitrogens with one attached hydrogen (secondary N) is 1. The molecule has 0 aliphatic rings. The van der Waals surface area contributed by atoms with Gasteiger partial charge in [-0.25, -0.2) is 4.98 Å². The maximum Gasteiger partial charge on any atom is 0.249 e. The molecule has 3 rings (SSSR count). The normalized spacial score (nSPS) is 10.8. The van der Waals surface area contributed by atoms with E-state index in [0.717, 1.165) is 42.0 Å². The molecule has 0 atom stereocenters. The fourth-order valence-corrected chi connectivity index (χ4v) is 2.17. The number of benzene rings is 1. The highest BCUT2D eigenvalue weighted by Gasteiger charge is 2.10. The number of ether oxygens (including phenoxy) is 1. The average Bonchev–Trinajstić information content (AvgIpc) is 2.98. The number of anilines is 1. The predicted octanol–water partition coefficient (Wildman–Crippen LogP) is 4.11. The van der Waals surface area contributed by atoms with Crippen molar-refractivity contribution < 1.29 is 9.15 Å². The molecule has 0 fully saturated rings. The number of pyridine rings is 1. The molecule has 0 saturated carbocycles. The van der Waals surface area contributed by atoms with E-state index in [9.17, 15) is 0 Å². The fraction of sp³-hybridized carbons (Fsp3) is 0.294. The highest BCUT2D eigenvalue weighted by molar-refractivity contribution is 5.74. The van der Waals surface area contributed by atoms with Crippen LogP contribution in [-0.2, 0) is 0 Å². The first-order valence-corrected chi connectivity index (χ1v) is 7.46. The molecule has 2 heterocycles. The lowest BCUT2D eigenvalue weighted by Crippen LogP contribution is -2.02. The Bertz CT molecular complexity index is 750. The second-order valence-corrected chi connectivity index (χ2v) is 5.05. The third-order valence-corrected chi connectivity index (χ3v) is 3.43. The highest BCUT2D eigenvalue weighted by Crippen LogP contribution is 2.25. The van der Waals surface area contributed by atoms with E-state index >= 15 is 0 Å². The summed E-state index contributed by atoms with van der Waals surface area (Å²) in [7, 11) is 1.64. The summed E-state index contributed by atoms with van der Waals surface area (Å²) in [4.78, 5) is 8.94. The van der Waals surface area contributed by atoms with Crippen molar-refractivity contribution in [3.8, 4) is 17.2 Å². The van der Waals surface area contributed by atoms with Gasteiger partial charge >= 0.3 is 0 Å². The Kier molecular flexibility index (Phi) is 4.23. The van der Waals surface area contributed by atoms with E-state index in [0.29, 0.717) is 11.6 Å². The summed E-state index contributed by atoms with van der Waals surface area (Å²) in [6.07, 6.45) is 2.27. The summed E-state index contributed by atoms with van der Waals surface area (Å²) >= 11 is 0. The first-order chi connectivity index (χ1) is 10.8. The molecule has 22 heavy (non-hydrogen) atoms. The smallest absolute Gasteiger partial charge is 0.249 e. The van der Waals surface area contributed by atoms with Gasteiger partial charge in [-0.1, -0.05) is 13.3 Å². The monoisotopic (exact) mass is 297 g/mol. The van der Waals surface area contributed by atoms with Crippen LogP contribution < -0.4 is 10.1 Å². The van der Waals surface area contributed by atoms with Crippen molar-refractivity contribution in [1.29, 1.82) is 0 Å².